The van der Waals surface area contributed by atoms with Crippen LogP contribution in [0.4, 0.5) is 46.0 Å². The summed E-state index contributed by atoms with van der Waals surface area (Å²) in [5.41, 5.74) is 0.846. The number of methoxy groups -OCH3 is 1. The monoisotopic (exact) mass is 745 g/mol. The molecular formula is C33H34F7N5O7. The lowest BCUT2D eigenvalue weighted by Gasteiger charge is -2.30. The van der Waals surface area contributed by atoms with E-state index < -0.39 is 72.8 Å². The standard InChI is InChI=1S/C33H34F7N5O7/c1-49-31(48)45-28(27(19-5-3-2-4-6-19)20-7-9-22(10-8-20)52-33(38,39)40)29(46)44-26-15-41-14-25(34)24(26)12-11-23-13-42-21(16-50-23)17-51-30(47)43-18-32(35,36)37/h2-10,14-15,21,23,27-28,42H,11-13,16-18H2,1H3,(H,43,47)(H,44,46)(H,45,48)/t21-,23+,27+,28-/m0/s1. The van der Waals surface area contributed by atoms with Crippen molar-refractivity contribution < 1.29 is 64.1 Å². The van der Waals surface area contributed by atoms with Crippen LogP contribution in [0, 0.1) is 5.82 Å². The molecule has 4 rings (SSSR count). The maximum atomic E-state index is 15.2. The number of halogens is 7. The van der Waals surface area contributed by atoms with Crippen LogP contribution in [0.15, 0.2) is 67.0 Å². The molecule has 0 unspecified atom stereocenters. The van der Waals surface area contributed by atoms with Crippen molar-refractivity contribution in [1.82, 2.24) is 20.9 Å². The summed E-state index contributed by atoms with van der Waals surface area (Å²) in [6, 6.07) is 11.1. The summed E-state index contributed by atoms with van der Waals surface area (Å²) in [5, 5.41) is 9.74. The topological polar surface area (TPSA) is 149 Å². The minimum Gasteiger partial charge on any atom is -0.453 e. The van der Waals surface area contributed by atoms with E-state index in [0.717, 1.165) is 25.4 Å². The van der Waals surface area contributed by atoms with Crippen molar-refractivity contribution in [3.05, 3.63) is 89.5 Å². The van der Waals surface area contributed by atoms with Crippen LogP contribution in [0.2, 0.25) is 0 Å². The number of carbonyl (C=O) groups is 3. The third-order valence-corrected chi connectivity index (χ3v) is 7.70. The molecule has 19 heteroatoms. The largest absolute Gasteiger partial charge is 0.573 e. The fourth-order valence-electron chi connectivity index (χ4n) is 5.30. The fourth-order valence-corrected chi connectivity index (χ4v) is 5.30. The number of hydrogen-bond acceptors (Lipinski definition) is 9. The van der Waals surface area contributed by atoms with Crippen LogP contribution in [0.3, 0.4) is 0 Å². The van der Waals surface area contributed by atoms with Gasteiger partial charge in [-0.1, -0.05) is 42.5 Å². The number of nitrogens with zero attached hydrogens (tertiary/aromatic N) is 1. The lowest BCUT2D eigenvalue weighted by atomic mass is 9.84. The number of hydrogen-bond donors (Lipinski definition) is 4. The molecule has 0 bridgehead atoms. The highest BCUT2D eigenvalue weighted by Gasteiger charge is 2.35. The zero-order chi connectivity index (χ0) is 37.9. The van der Waals surface area contributed by atoms with Crippen LogP contribution in [0.25, 0.3) is 0 Å². The van der Waals surface area contributed by atoms with Gasteiger partial charge in [0.05, 0.1) is 43.9 Å². The molecule has 1 aromatic heterocycles. The smallest absolute Gasteiger partial charge is 0.453 e. The van der Waals surface area contributed by atoms with Crippen molar-refractivity contribution in [3.63, 3.8) is 0 Å². The van der Waals surface area contributed by atoms with E-state index in [1.807, 2.05) is 0 Å². The number of nitrogens with one attached hydrogen (secondary N) is 4. The number of anilines is 1. The highest BCUT2D eigenvalue weighted by molar-refractivity contribution is 5.98. The number of rotatable bonds is 13. The van der Waals surface area contributed by atoms with Crippen LogP contribution in [0.5, 0.6) is 5.75 Å². The molecule has 1 aliphatic heterocycles. The number of ether oxygens (including phenoxy) is 4. The van der Waals surface area contributed by atoms with E-state index in [9.17, 15) is 40.7 Å². The quantitative estimate of drug-likeness (QED) is 0.174. The minimum absolute atomic E-state index is 0.0256. The average molecular weight is 746 g/mol. The predicted octanol–water partition coefficient (Wildman–Crippen LogP) is 5.19. The molecule has 4 N–H and O–H groups in total. The first-order chi connectivity index (χ1) is 24.6. The highest BCUT2D eigenvalue weighted by atomic mass is 19.4. The van der Waals surface area contributed by atoms with Crippen molar-refractivity contribution in [1.29, 1.82) is 0 Å². The highest BCUT2D eigenvalue weighted by Crippen LogP contribution is 2.32. The van der Waals surface area contributed by atoms with Gasteiger partial charge in [0.1, 0.15) is 30.8 Å². The van der Waals surface area contributed by atoms with Crippen LogP contribution < -0.4 is 26.0 Å². The molecule has 12 nitrogen and oxygen atoms in total. The Morgan fingerprint density at radius 3 is 2.29 bits per heavy atom. The van der Waals surface area contributed by atoms with Gasteiger partial charge in [0.15, 0.2) is 0 Å². The first-order valence-electron chi connectivity index (χ1n) is 15.6. The fraction of sp³-hybridized carbons (Fsp3) is 0.394. The molecule has 3 amide bonds. The molecule has 2 aromatic carbocycles. The van der Waals surface area contributed by atoms with E-state index in [0.29, 0.717) is 11.1 Å². The molecule has 0 aliphatic carbocycles. The normalized spacial score (nSPS) is 17.3. The number of amides is 3. The summed E-state index contributed by atoms with van der Waals surface area (Å²) < 4.78 is 110. The maximum Gasteiger partial charge on any atom is 0.573 e. The van der Waals surface area contributed by atoms with Crippen molar-refractivity contribution in [2.45, 2.75) is 49.5 Å². The number of carbonyl (C=O) groups excluding carboxylic acids is 3. The van der Waals surface area contributed by atoms with Gasteiger partial charge in [0.25, 0.3) is 0 Å². The Morgan fingerprint density at radius 1 is 0.981 bits per heavy atom. The van der Waals surface area contributed by atoms with E-state index in [4.69, 9.17) is 14.2 Å². The van der Waals surface area contributed by atoms with Crippen molar-refractivity contribution in [2.75, 3.05) is 38.7 Å². The molecule has 0 saturated carbocycles. The van der Waals surface area contributed by atoms with Gasteiger partial charge in [-0.2, -0.15) is 13.2 Å². The van der Waals surface area contributed by atoms with Crippen LogP contribution >= 0.6 is 0 Å². The Bertz CT molecular complexity index is 1640. The molecule has 1 aliphatic rings. The van der Waals surface area contributed by atoms with Gasteiger partial charge in [-0.15, -0.1) is 13.2 Å². The van der Waals surface area contributed by atoms with Gasteiger partial charge in [-0.25, -0.2) is 14.0 Å². The van der Waals surface area contributed by atoms with E-state index in [-0.39, 0.29) is 43.9 Å². The predicted molar refractivity (Wildman–Crippen MR) is 169 cm³/mol. The first kappa shape index (κ1) is 39.6. The van der Waals surface area contributed by atoms with E-state index >= 15 is 4.39 Å². The van der Waals surface area contributed by atoms with Crippen molar-refractivity contribution in [3.8, 4) is 5.75 Å². The van der Waals surface area contributed by atoms with Gasteiger partial charge in [-0.05, 0) is 36.1 Å². The molecule has 3 aromatic rings. The first-order valence-corrected chi connectivity index (χ1v) is 15.6. The zero-order valence-electron chi connectivity index (χ0n) is 27.4. The third-order valence-electron chi connectivity index (χ3n) is 7.70. The summed E-state index contributed by atoms with van der Waals surface area (Å²) in [6.07, 6.45) is -9.80. The molecular weight excluding hydrogens is 711 g/mol. The van der Waals surface area contributed by atoms with Crippen LogP contribution in [0.1, 0.15) is 29.0 Å². The number of alkyl carbamates (subject to hydrolysis) is 2. The summed E-state index contributed by atoms with van der Waals surface area (Å²) in [5.74, 6) is -3.08. The van der Waals surface area contributed by atoms with Gasteiger partial charge >= 0.3 is 24.7 Å². The Labute approximate surface area is 292 Å². The van der Waals surface area contributed by atoms with Gasteiger partial charge in [-0.3, -0.25) is 9.78 Å². The Kier molecular flexibility index (Phi) is 13.6. The van der Waals surface area contributed by atoms with Crippen LogP contribution in [-0.4, -0.2) is 87.2 Å². The van der Waals surface area contributed by atoms with Gasteiger partial charge < -0.3 is 40.2 Å². The molecule has 1 saturated heterocycles. The number of alkyl halides is 6. The third kappa shape index (κ3) is 12.3. The second-order valence-corrected chi connectivity index (χ2v) is 11.4. The maximum absolute atomic E-state index is 15.2. The van der Waals surface area contributed by atoms with Crippen molar-refractivity contribution in [2.24, 2.45) is 0 Å². The van der Waals surface area contributed by atoms with E-state index in [2.05, 4.69) is 25.7 Å². The summed E-state index contributed by atoms with van der Waals surface area (Å²) in [6.45, 7) is -1.54. The zero-order valence-corrected chi connectivity index (χ0v) is 27.4. The molecule has 0 spiro atoms. The summed E-state index contributed by atoms with van der Waals surface area (Å²) >= 11 is 0. The molecule has 282 valence electrons. The van der Waals surface area contributed by atoms with Gasteiger partial charge in [0.2, 0.25) is 5.91 Å². The molecule has 4 atom stereocenters. The van der Waals surface area contributed by atoms with Crippen LogP contribution in [-0.2, 0) is 25.4 Å². The average Bonchev–Trinajstić information content (AvgIpc) is 3.10. The van der Waals surface area contributed by atoms with E-state index in [1.54, 1.807) is 35.6 Å². The number of aromatic nitrogens is 1. The van der Waals surface area contributed by atoms with Gasteiger partial charge in [0, 0.05) is 18.0 Å². The SMILES string of the molecule is COC(=O)N[C@H](C(=O)Nc1cncc(F)c1CC[C@@H]1CN[C@H](COC(=O)NCC(F)(F)F)CO1)[C@H](c1ccccc1)c1ccc(OC(F)(F)F)cc1. The Hall–Kier alpha value is -5.17. The van der Waals surface area contributed by atoms with E-state index in [1.165, 1.54) is 18.3 Å². The Balaban J connectivity index is 1.47. The molecule has 2 heterocycles. The number of benzene rings is 2. The Morgan fingerprint density at radius 2 is 1.67 bits per heavy atom. The number of morpholine rings is 1. The summed E-state index contributed by atoms with van der Waals surface area (Å²) in [4.78, 5) is 41.8. The number of pyridine rings is 1. The lowest BCUT2D eigenvalue weighted by molar-refractivity contribution is -0.274. The molecule has 0 radical (unpaired) electrons. The second-order valence-electron chi connectivity index (χ2n) is 11.4. The van der Waals surface area contributed by atoms with Crippen molar-refractivity contribution >= 4 is 23.8 Å². The molecule has 52 heavy (non-hydrogen) atoms. The second kappa shape index (κ2) is 17.9. The summed E-state index contributed by atoms with van der Waals surface area (Å²) in [7, 11) is 1.08. The minimum atomic E-state index is -4.94. The molecule has 1 fully saturated rings. The lowest BCUT2D eigenvalue weighted by Crippen LogP contribution is -2.49.